The summed E-state index contributed by atoms with van der Waals surface area (Å²) in [6.07, 6.45) is 0. The number of hydrogen-bond donors (Lipinski definition) is 1. The molecular formula is C15H13Br2NO2. The lowest BCUT2D eigenvalue weighted by Gasteiger charge is -2.08. The minimum Gasteiger partial charge on any atom is -0.493 e. The maximum absolute atomic E-state index is 12.4. The molecule has 0 unspecified atom stereocenters. The van der Waals surface area contributed by atoms with E-state index in [1.165, 1.54) is 0 Å². The Morgan fingerprint density at radius 1 is 1.15 bits per heavy atom. The molecule has 3 nitrogen and oxygen atoms in total. The zero-order valence-corrected chi connectivity index (χ0v) is 14.0. The molecule has 104 valence electrons. The predicted molar refractivity (Wildman–Crippen MR) is 87.3 cm³/mol. The average Bonchev–Trinajstić information content (AvgIpc) is 2.39. The van der Waals surface area contributed by atoms with Crippen molar-refractivity contribution in [1.29, 1.82) is 0 Å². The summed E-state index contributed by atoms with van der Waals surface area (Å²) in [5.74, 6) is 0.638. The zero-order chi connectivity index (χ0) is 14.7. The van der Waals surface area contributed by atoms with Gasteiger partial charge in [0.1, 0.15) is 5.75 Å². The number of ketones is 1. The third kappa shape index (κ3) is 3.41. The van der Waals surface area contributed by atoms with E-state index >= 15 is 0 Å². The van der Waals surface area contributed by atoms with E-state index in [4.69, 9.17) is 10.5 Å². The second kappa shape index (κ2) is 6.41. The highest BCUT2D eigenvalue weighted by atomic mass is 79.9. The van der Waals surface area contributed by atoms with Crippen molar-refractivity contribution < 1.29 is 9.53 Å². The van der Waals surface area contributed by atoms with E-state index in [9.17, 15) is 4.79 Å². The van der Waals surface area contributed by atoms with Gasteiger partial charge in [0.2, 0.25) is 0 Å². The van der Waals surface area contributed by atoms with Crippen LogP contribution in [0.3, 0.4) is 0 Å². The van der Waals surface area contributed by atoms with Crippen LogP contribution in [0.4, 0.5) is 5.69 Å². The summed E-state index contributed by atoms with van der Waals surface area (Å²) in [6, 6.07) is 10.5. The lowest BCUT2D eigenvalue weighted by Crippen LogP contribution is -2.03. The lowest BCUT2D eigenvalue weighted by atomic mass is 10.0. The van der Waals surface area contributed by atoms with Gasteiger partial charge in [0.05, 0.1) is 11.1 Å². The van der Waals surface area contributed by atoms with E-state index in [1.54, 1.807) is 36.4 Å². The van der Waals surface area contributed by atoms with Gasteiger partial charge in [-0.3, -0.25) is 4.79 Å². The number of ether oxygens (including phenoxy) is 1. The maximum atomic E-state index is 12.4. The number of benzene rings is 2. The van der Waals surface area contributed by atoms with Crippen LogP contribution < -0.4 is 10.5 Å². The quantitative estimate of drug-likeness (QED) is 0.612. The van der Waals surface area contributed by atoms with Crippen LogP contribution >= 0.6 is 31.9 Å². The molecule has 0 aliphatic heterocycles. The van der Waals surface area contributed by atoms with Crippen LogP contribution in [0.2, 0.25) is 0 Å². The molecule has 5 heteroatoms. The monoisotopic (exact) mass is 397 g/mol. The molecule has 0 aliphatic carbocycles. The Labute approximate surface area is 134 Å². The summed E-state index contributed by atoms with van der Waals surface area (Å²) in [5.41, 5.74) is 7.44. The normalized spacial score (nSPS) is 10.3. The first-order valence-corrected chi connectivity index (χ1v) is 7.63. The maximum Gasteiger partial charge on any atom is 0.193 e. The molecule has 0 atom stereocenters. The number of anilines is 1. The fourth-order valence-corrected chi connectivity index (χ4v) is 2.83. The second-order valence-electron chi connectivity index (χ2n) is 4.18. The molecular weight excluding hydrogens is 386 g/mol. The van der Waals surface area contributed by atoms with E-state index in [0.29, 0.717) is 23.4 Å². The molecule has 0 aliphatic rings. The molecule has 0 spiro atoms. The summed E-state index contributed by atoms with van der Waals surface area (Å²) in [4.78, 5) is 12.4. The van der Waals surface area contributed by atoms with E-state index in [2.05, 4.69) is 31.9 Å². The summed E-state index contributed by atoms with van der Waals surface area (Å²) >= 11 is 6.75. The van der Waals surface area contributed by atoms with Gasteiger partial charge in [-0.1, -0.05) is 15.9 Å². The van der Waals surface area contributed by atoms with Crippen molar-refractivity contribution in [2.24, 2.45) is 0 Å². The SMILES string of the molecule is CCOc1ccc(C(=O)c2cc(N)cc(Br)c2)cc1Br. The Morgan fingerprint density at radius 3 is 2.50 bits per heavy atom. The first-order chi connectivity index (χ1) is 9.51. The molecule has 2 aromatic carbocycles. The van der Waals surface area contributed by atoms with Crippen LogP contribution in [0.25, 0.3) is 0 Å². The zero-order valence-electron chi connectivity index (χ0n) is 10.8. The van der Waals surface area contributed by atoms with Gasteiger partial charge < -0.3 is 10.5 Å². The Kier molecular flexibility index (Phi) is 4.83. The number of hydrogen-bond acceptors (Lipinski definition) is 3. The molecule has 2 aromatic rings. The molecule has 0 fully saturated rings. The average molecular weight is 399 g/mol. The van der Waals surface area contributed by atoms with Crippen molar-refractivity contribution in [3.8, 4) is 5.75 Å². The van der Waals surface area contributed by atoms with Gasteiger partial charge in [0.25, 0.3) is 0 Å². The van der Waals surface area contributed by atoms with Crippen molar-refractivity contribution in [1.82, 2.24) is 0 Å². The molecule has 0 heterocycles. The third-order valence-corrected chi connectivity index (χ3v) is 3.75. The van der Waals surface area contributed by atoms with E-state index in [0.717, 1.165) is 14.7 Å². The van der Waals surface area contributed by atoms with Crippen LogP contribution in [-0.2, 0) is 0 Å². The standard InChI is InChI=1S/C15H13Br2NO2/c1-2-20-14-4-3-9(7-13(14)17)15(19)10-5-11(16)8-12(18)6-10/h3-8H,2,18H2,1H3. The smallest absolute Gasteiger partial charge is 0.193 e. The van der Waals surface area contributed by atoms with Crippen LogP contribution in [0.1, 0.15) is 22.8 Å². The number of carbonyl (C=O) groups is 1. The minimum absolute atomic E-state index is 0.0817. The Balaban J connectivity index is 2.36. The summed E-state index contributed by atoms with van der Waals surface area (Å²) in [7, 11) is 0. The Bertz CT molecular complexity index is 636. The van der Waals surface area contributed by atoms with Crippen LogP contribution in [-0.4, -0.2) is 12.4 Å². The molecule has 0 amide bonds. The number of halogens is 2. The molecule has 0 bridgehead atoms. The van der Waals surface area contributed by atoms with Crippen LogP contribution in [0.15, 0.2) is 45.3 Å². The van der Waals surface area contributed by atoms with Crippen molar-refractivity contribution >= 4 is 43.3 Å². The Morgan fingerprint density at radius 2 is 1.90 bits per heavy atom. The molecule has 2 N–H and O–H groups in total. The highest BCUT2D eigenvalue weighted by Gasteiger charge is 2.12. The van der Waals surface area contributed by atoms with Crippen LogP contribution in [0.5, 0.6) is 5.75 Å². The van der Waals surface area contributed by atoms with Gasteiger partial charge in [0, 0.05) is 21.3 Å². The summed E-state index contributed by atoms with van der Waals surface area (Å²) in [5, 5.41) is 0. The highest BCUT2D eigenvalue weighted by Crippen LogP contribution is 2.28. The fraction of sp³-hybridized carbons (Fsp3) is 0.133. The summed E-state index contributed by atoms with van der Waals surface area (Å²) in [6.45, 7) is 2.49. The van der Waals surface area contributed by atoms with E-state index in [1.807, 2.05) is 6.92 Å². The molecule has 0 saturated heterocycles. The Hall–Kier alpha value is -1.33. The number of nitrogen functional groups attached to an aromatic ring is 1. The second-order valence-corrected chi connectivity index (χ2v) is 5.95. The van der Waals surface area contributed by atoms with Gasteiger partial charge in [0.15, 0.2) is 5.78 Å². The van der Waals surface area contributed by atoms with Crippen LogP contribution in [0, 0.1) is 0 Å². The molecule has 20 heavy (non-hydrogen) atoms. The molecule has 0 radical (unpaired) electrons. The third-order valence-electron chi connectivity index (χ3n) is 2.68. The lowest BCUT2D eigenvalue weighted by molar-refractivity contribution is 0.103. The topological polar surface area (TPSA) is 52.3 Å². The van der Waals surface area contributed by atoms with Crippen molar-refractivity contribution in [3.63, 3.8) is 0 Å². The molecule has 0 aromatic heterocycles. The fourth-order valence-electron chi connectivity index (χ4n) is 1.82. The highest BCUT2D eigenvalue weighted by molar-refractivity contribution is 9.10. The van der Waals surface area contributed by atoms with Crippen molar-refractivity contribution in [2.45, 2.75) is 6.92 Å². The van der Waals surface area contributed by atoms with Gasteiger partial charge in [-0.15, -0.1) is 0 Å². The van der Waals surface area contributed by atoms with Gasteiger partial charge in [-0.2, -0.15) is 0 Å². The molecule has 2 rings (SSSR count). The van der Waals surface area contributed by atoms with Crippen molar-refractivity contribution in [3.05, 3.63) is 56.5 Å². The number of carbonyl (C=O) groups excluding carboxylic acids is 1. The minimum atomic E-state index is -0.0817. The number of nitrogens with two attached hydrogens (primary N) is 1. The van der Waals surface area contributed by atoms with Gasteiger partial charge in [-0.05, 0) is 59.3 Å². The summed E-state index contributed by atoms with van der Waals surface area (Å²) < 4.78 is 6.97. The first kappa shape index (κ1) is 15.1. The van der Waals surface area contributed by atoms with E-state index in [-0.39, 0.29) is 5.78 Å². The van der Waals surface area contributed by atoms with Crippen molar-refractivity contribution in [2.75, 3.05) is 12.3 Å². The van der Waals surface area contributed by atoms with Gasteiger partial charge in [-0.25, -0.2) is 0 Å². The predicted octanol–water partition coefficient (Wildman–Crippen LogP) is 4.42. The van der Waals surface area contributed by atoms with E-state index < -0.39 is 0 Å². The largest absolute Gasteiger partial charge is 0.493 e. The number of rotatable bonds is 4. The van der Waals surface area contributed by atoms with Gasteiger partial charge >= 0.3 is 0 Å². The first-order valence-electron chi connectivity index (χ1n) is 6.04. The molecule has 0 saturated carbocycles.